The maximum atomic E-state index is 10.7. The van der Waals surface area contributed by atoms with Gasteiger partial charge < -0.3 is 20.1 Å². The number of non-ortho nitro benzene ring substituents is 1. The number of hydrogen-bond acceptors (Lipinski definition) is 5. The molecule has 0 bridgehead atoms. The molecule has 8 nitrogen and oxygen atoms in total. The van der Waals surface area contributed by atoms with Gasteiger partial charge in [0.25, 0.3) is 5.69 Å². The number of rotatable bonds is 7. The largest absolute Gasteiger partial charge is 0.381 e. The van der Waals surface area contributed by atoms with Crippen molar-refractivity contribution in [1.82, 2.24) is 10.6 Å². The quantitative estimate of drug-likeness (QED) is 0.332. The number of nitrogens with zero attached hydrogens (tertiary/aromatic N) is 2. The standard InChI is InChI=1S/C18H26N4O4/c23-22(24)16-5-3-14(4-6-16)10-19-18(20-11-15-7-9-25-13-15)21-12-17-2-1-8-26-17/h3-6,15,17H,1-2,7-13H2,(H2,19,20,21). The minimum Gasteiger partial charge on any atom is -0.381 e. The van der Waals surface area contributed by atoms with Crippen molar-refractivity contribution >= 4 is 11.6 Å². The van der Waals surface area contributed by atoms with Gasteiger partial charge in [0, 0.05) is 44.4 Å². The second-order valence-corrected chi connectivity index (χ2v) is 6.71. The summed E-state index contributed by atoms with van der Waals surface area (Å²) in [6, 6.07) is 6.50. The van der Waals surface area contributed by atoms with Gasteiger partial charge in [-0.3, -0.25) is 10.1 Å². The average molecular weight is 362 g/mol. The fourth-order valence-electron chi connectivity index (χ4n) is 3.07. The van der Waals surface area contributed by atoms with Gasteiger partial charge in [0.05, 0.1) is 24.2 Å². The number of nitro groups is 1. The molecule has 0 radical (unpaired) electrons. The molecule has 2 aliphatic rings. The van der Waals surface area contributed by atoms with E-state index < -0.39 is 4.92 Å². The first-order valence-corrected chi connectivity index (χ1v) is 9.15. The van der Waals surface area contributed by atoms with Crippen LogP contribution in [0.2, 0.25) is 0 Å². The number of nitrogens with one attached hydrogen (secondary N) is 2. The van der Waals surface area contributed by atoms with Crippen LogP contribution in [0.3, 0.4) is 0 Å². The minimum atomic E-state index is -0.396. The predicted molar refractivity (Wildman–Crippen MR) is 98.1 cm³/mol. The number of aliphatic imine (C=N–C) groups is 1. The molecule has 1 aromatic carbocycles. The Morgan fingerprint density at radius 1 is 1.19 bits per heavy atom. The molecular weight excluding hydrogens is 336 g/mol. The zero-order valence-electron chi connectivity index (χ0n) is 14.9. The Morgan fingerprint density at radius 2 is 2.00 bits per heavy atom. The predicted octanol–water partition coefficient (Wildman–Crippen LogP) is 1.85. The van der Waals surface area contributed by atoms with Crippen molar-refractivity contribution in [2.75, 3.05) is 32.9 Å². The van der Waals surface area contributed by atoms with E-state index in [1.165, 1.54) is 12.1 Å². The molecule has 142 valence electrons. The lowest BCUT2D eigenvalue weighted by Crippen LogP contribution is -2.43. The summed E-state index contributed by atoms with van der Waals surface area (Å²) in [4.78, 5) is 15.0. The summed E-state index contributed by atoms with van der Waals surface area (Å²) in [5.74, 6) is 1.25. The van der Waals surface area contributed by atoms with Crippen molar-refractivity contribution in [1.29, 1.82) is 0 Å². The summed E-state index contributed by atoms with van der Waals surface area (Å²) in [5, 5.41) is 17.5. The number of nitro benzene ring substituents is 1. The van der Waals surface area contributed by atoms with Gasteiger partial charge in [-0.15, -0.1) is 0 Å². The van der Waals surface area contributed by atoms with Gasteiger partial charge in [0.2, 0.25) is 0 Å². The molecule has 2 N–H and O–H groups in total. The van der Waals surface area contributed by atoms with Crippen LogP contribution in [0.1, 0.15) is 24.8 Å². The van der Waals surface area contributed by atoms with Gasteiger partial charge in [-0.25, -0.2) is 4.99 Å². The molecule has 1 aromatic rings. The van der Waals surface area contributed by atoms with Gasteiger partial charge in [0.1, 0.15) is 0 Å². The molecule has 2 aliphatic heterocycles. The van der Waals surface area contributed by atoms with E-state index in [0.29, 0.717) is 12.5 Å². The summed E-state index contributed by atoms with van der Waals surface area (Å²) in [6.07, 6.45) is 3.47. The fraction of sp³-hybridized carbons (Fsp3) is 0.611. The first-order chi connectivity index (χ1) is 12.7. The first-order valence-electron chi connectivity index (χ1n) is 9.15. The zero-order valence-corrected chi connectivity index (χ0v) is 14.9. The summed E-state index contributed by atoms with van der Waals surface area (Å²) in [5.41, 5.74) is 1.02. The second-order valence-electron chi connectivity index (χ2n) is 6.71. The van der Waals surface area contributed by atoms with Crippen LogP contribution in [0.25, 0.3) is 0 Å². The highest BCUT2D eigenvalue weighted by atomic mass is 16.6. The SMILES string of the molecule is O=[N+]([O-])c1ccc(CN=C(NCC2CCOC2)NCC2CCCO2)cc1. The zero-order chi connectivity index (χ0) is 18.2. The van der Waals surface area contributed by atoms with Crippen LogP contribution in [0.4, 0.5) is 5.69 Å². The molecule has 0 saturated carbocycles. The Morgan fingerprint density at radius 3 is 2.65 bits per heavy atom. The van der Waals surface area contributed by atoms with Crippen LogP contribution in [0, 0.1) is 16.0 Å². The molecule has 2 atom stereocenters. The van der Waals surface area contributed by atoms with Crippen LogP contribution in [0.15, 0.2) is 29.3 Å². The molecule has 2 saturated heterocycles. The van der Waals surface area contributed by atoms with Gasteiger partial charge in [0.15, 0.2) is 5.96 Å². The Kier molecular flexibility index (Phi) is 6.79. The van der Waals surface area contributed by atoms with Gasteiger partial charge >= 0.3 is 0 Å². The fourth-order valence-corrected chi connectivity index (χ4v) is 3.07. The van der Waals surface area contributed by atoms with E-state index in [-0.39, 0.29) is 11.8 Å². The highest BCUT2D eigenvalue weighted by molar-refractivity contribution is 5.79. The van der Waals surface area contributed by atoms with Gasteiger partial charge in [-0.05, 0) is 24.8 Å². The first kappa shape index (κ1) is 18.6. The van der Waals surface area contributed by atoms with Crippen LogP contribution >= 0.6 is 0 Å². The molecule has 2 fully saturated rings. The van der Waals surface area contributed by atoms with Crippen LogP contribution in [-0.2, 0) is 16.0 Å². The Bertz CT molecular complexity index is 586. The lowest BCUT2D eigenvalue weighted by atomic mass is 10.1. The molecule has 0 amide bonds. The lowest BCUT2D eigenvalue weighted by Gasteiger charge is -2.17. The number of benzene rings is 1. The number of guanidine groups is 1. The van der Waals surface area contributed by atoms with E-state index >= 15 is 0 Å². The van der Waals surface area contributed by atoms with Crippen molar-refractivity contribution in [2.24, 2.45) is 10.9 Å². The summed E-state index contributed by atoms with van der Waals surface area (Å²) in [7, 11) is 0. The maximum Gasteiger partial charge on any atom is 0.269 e. The minimum absolute atomic E-state index is 0.0915. The molecule has 2 heterocycles. The third-order valence-electron chi connectivity index (χ3n) is 4.67. The van der Waals surface area contributed by atoms with Crippen LogP contribution < -0.4 is 10.6 Å². The van der Waals surface area contributed by atoms with E-state index in [1.54, 1.807) is 12.1 Å². The molecule has 8 heteroatoms. The normalized spacial score (nSPS) is 23.2. The van der Waals surface area contributed by atoms with E-state index in [2.05, 4.69) is 15.6 Å². The highest BCUT2D eigenvalue weighted by Gasteiger charge is 2.18. The summed E-state index contributed by atoms with van der Waals surface area (Å²) >= 11 is 0. The molecule has 0 spiro atoms. The second kappa shape index (κ2) is 9.49. The number of hydrogen-bond donors (Lipinski definition) is 2. The molecule has 0 aliphatic carbocycles. The molecule has 26 heavy (non-hydrogen) atoms. The Labute approximate surface area is 153 Å². The summed E-state index contributed by atoms with van der Waals surface area (Å²) in [6.45, 7) is 4.44. The van der Waals surface area contributed by atoms with Gasteiger partial charge in [-0.1, -0.05) is 12.1 Å². The highest BCUT2D eigenvalue weighted by Crippen LogP contribution is 2.13. The molecular formula is C18H26N4O4. The third kappa shape index (κ3) is 5.67. The monoisotopic (exact) mass is 362 g/mol. The smallest absolute Gasteiger partial charge is 0.269 e. The van der Waals surface area contributed by atoms with Crippen LogP contribution in [0.5, 0.6) is 0 Å². The average Bonchev–Trinajstić information content (AvgIpc) is 3.35. The molecule has 3 rings (SSSR count). The van der Waals surface area contributed by atoms with E-state index in [9.17, 15) is 10.1 Å². The molecule has 0 aromatic heterocycles. The van der Waals surface area contributed by atoms with Crippen molar-refractivity contribution in [3.63, 3.8) is 0 Å². The van der Waals surface area contributed by atoms with Crippen molar-refractivity contribution in [3.05, 3.63) is 39.9 Å². The Balaban J connectivity index is 1.56. The van der Waals surface area contributed by atoms with Crippen molar-refractivity contribution in [2.45, 2.75) is 31.9 Å². The molecule has 2 unspecified atom stereocenters. The summed E-state index contributed by atoms with van der Waals surface area (Å²) < 4.78 is 11.1. The van der Waals surface area contributed by atoms with Crippen molar-refractivity contribution < 1.29 is 14.4 Å². The third-order valence-corrected chi connectivity index (χ3v) is 4.67. The maximum absolute atomic E-state index is 10.7. The Hall–Kier alpha value is -2.19. The lowest BCUT2D eigenvalue weighted by molar-refractivity contribution is -0.384. The van der Waals surface area contributed by atoms with E-state index in [1.807, 2.05) is 0 Å². The topological polar surface area (TPSA) is 98.0 Å². The van der Waals surface area contributed by atoms with E-state index in [0.717, 1.165) is 63.7 Å². The van der Waals surface area contributed by atoms with Gasteiger partial charge in [-0.2, -0.15) is 0 Å². The van der Waals surface area contributed by atoms with Crippen LogP contribution in [-0.4, -0.2) is 49.9 Å². The van der Waals surface area contributed by atoms with Crippen molar-refractivity contribution in [3.8, 4) is 0 Å². The van der Waals surface area contributed by atoms with E-state index in [4.69, 9.17) is 9.47 Å². The number of ether oxygens (including phenoxy) is 2.